The molecule has 2 rings (SSSR count). The molecule has 0 spiro atoms. The Morgan fingerprint density at radius 1 is 1.29 bits per heavy atom. The molecule has 21 heavy (non-hydrogen) atoms. The second-order valence-electron chi connectivity index (χ2n) is 5.81. The lowest BCUT2D eigenvalue weighted by Gasteiger charge is -2.14. The Morgan fingerprint density at radius 3 is 2.71 bits per heavy atom. The van der Waals surface area contributed by atoms with E-state index >= 15 is 0 Å². The van der Waals surface area contributed by atoms with Crippen LogP contribution < -0.4 is 9.47 Å². The van der Waals surface area contributed by atoms with Crippen LogP contribution in [0.1, 0.15) is 33.1 Å². The fourth-order valence-corrected chi connectivity index (χ4v) is 3.20. The molecule has 0 fully saturated rings. The molecule has 0 N–H and O–H groups in total. The second kappa shape index (κ2) is 6.95. The van der Waals surface area contributed by atoms with E-state index in [0.29, 0.717) is 24.7 Å². The Labute approximate surface area is 128 Å². The van der Waals surface area contributed by atoms with Gasteiger partial charge < -0.3 is 9.47 Å². The maximum atomic E-state index is 12.3. The summed E-state index contributed by atoms with van der Waals surface area (Å²) in [6, 6.07) is 7.74. The molecule has 1 aliphatic heterocycles. The molecule has 1 aliphatic rings. The van der Waals surface area contributed by atoms with Gasteiger partial charge >= 0.3 is 0 Å². The monoisotopic (exact) mass is 307 g/mol. The molecule has 0 amide bonds. The lowest BCUT2D eigenvalue weighted by Crippen LogP contribution is -2.10. The van der Waals surface area contributed by atoms with Crippen LogP contribution in [0.15, 0.2) is 23.1 Å². The van der Waals surface area contributed by atoms with Gasteiger partial charge in [-0.2, -0.15) is 5.26 Å². The third-order valence-corrected chi connectivity index (χ3v) is 4.86. The van der Waals surface area contributed by atoms with Crippen LogP contribution in [0.4, 0.5) is 0 Å². The van der Waals surface area contributed by atoms with E-state index in [9.17, 15) is 4.21 Å². The maximum absolute atomic E-state index is 12.3. The quantitative estimate of drug-likeness (QED) is 0.837. The Morgan fingerprint density at radius 2 is 2.00 bits per heavy atom. The number of hydrogen-bond acceptors (Lipinski definition) is 4. The van der Waals surface area contributed by atoms with Crippen molar-refractivity contribution < 1.29 is 13.7 Å². The first-order valence-electron chi connectivity index (χ1n) is 7.21. The van der Waals surface area contributed by atoms with Crippen molar-refractivity contribution in [3.8, 4) is 17.6 Å². The van der Waals surface area contributed by atoms with Gasteiger partial charge in [0.1, 0.15) is 0 Å². The molecule has 0 saturated carbocycles. The zero-order valence-corrected chi connectivity index (χ0v) is 13.4. The van der Waals surface area contributed by atoms with Crippen LogP contribution in [0.5, 0.6) is 11.5 Å². The summed E-state index contributed by atoms with van der Waals surface area (Å²) in [5.74, 6) is 1.96. The van der Waals surface area contributed by atoms with Gasteiger partial charge in [0, 0.05) is 23.1 Å². The zero-order chi connectivity index (χ0) is 15.3. The molecule has 0 aliphatic carbocycles. The number of ether oxygens (including phenoxy) is 2. The molecular formula is C16H21NO3S. The fourth-order valence-electron chi connectivity index (χ4n) is 2.10. The van der Waals surface area contributed by atoms with Gasteiger partial charge in [0.15, 0.2) is 11.5 Å². The minimum atomic E-state index is -1.07. The van der Waals surface area contributed by atoms with Crippen molar-refractivity contribution in [2.75, 3.05) is 19.0 Å². The van der Waals surface area contributed by atoms with Gasteiger partial charge in [-0.05, 0) is 38.8 Å². The average molecular weight is 307 g/mol. The number of hydrogen-bond donors (Lipinski definition) is 0. The molecule has 0 aromatic heterocycles. The molecule has 0 saturated heterocycles. The minimum absolute atomic E-state index is 0.352. The minimum Gasteiger partial charge on any atom is -0.490 e. The summed E-state index contributed by atoms with van der Waals surface area (Å²) in [6.07, 6.45) is 2.37. The molecule has 0 unspecified atom stereocenters. The van der Waals surface area contributed by atoms with E-state index in [2.05, 4.69) is 6.07 Å². The van der Waals surface area contributed by atoms with Gasteiger partial charge in [-0.15, -0.1) is 0 Å². The molecule has 0 bridgehead atoms. The van der Waals surface area contributed by atoms with Crippen molar-refractivity contribution in [1.29, 1.82) is 5.26 Å². The topological polar surface area (TPSA) is 59.3 Å². The Bertz CT molecular complexity index is 563. The van der Waals surface area contributed by atoms with Crippen molar-refractivity contribution in [2.45, 2.75) is 38.0 Å². The van der Waals surface area contributed by atoms with Crippen molar-refractivity contribution in [3.05, 3.63) is 18.2 Å². The number of rotatable bonds is 5. The highest BCUT2D eigenvalue weighted by molar-refractivity contribution is 7.85. The molecular weight excluding hydrogens is 286 g/mol. The summed E-state index contributed by atoms with van der Waals surface area (Å²) >= 11 is 0. The number of benzene rings is 1. The van der Waals surface area contributed by atoms with Gasteiger partial charge in [-0.3, -0.25) is 4.21 Å². The van der Waals surface area contributed by atoms with E-state index in [4.69, 9.17) is 14.7 Å². The molecule has 114 valence electrons. The average Bonchev–Trinajstić information content (AvgIpc) is 2.71. The van der Waals surface area contributed by atoms with Crippen LogP contribution in [0.25, 0.3) is 0 Å². The predicted molar refractivity (Wildman–Crippen MR) is 82.0 cm³/mol. The lowest BCUT2D eigenvalue weighted by atomic mass is 9.90. The zero-order valence-electron chi connectivity index (χ0n) is 12.6. The first kappa shape index (κ1) is 15.8. The SMILES string of the molecule is CC(C)(C#N)CCC[S@@](=O)c1ccc2c(c1)OCCCO2. The summed E-state index contributed by atoms with van der Waals surface area (Å²) in [7, 11) is -1.07. The lowest BCUT2D eigenvalue weighted by molar-refractivity contribution is 0.297. The summed E-state index contributed by atoms with van der Waals surface area (Å²) in [5, 5.41) is 8.98. The Balaban J connectivity index is 1.97. The van der Waals surface area contributed by atoms with E-state index < -0.39 is 10.8 Å². The van der Waals surface area contributed by atoms with Crippen LogP contribution in [0.2, 0.25) is 0 Å². The highest BCUT2D eigenvalue weighted by Crippen LogP contribution is 2.31. The summed E-state index contributed by atoms with van der Waals surface area (Å²) in [6.45, 7) is 5.09. The van der Waals surface area contributed by atoms with E-state index in [-0.39, 0.29) is 5.41 Å². The Kier molecular flexibility index (Phi) is 5.24. The van der Waals surface area contributed by atoms with Crippen molar-refractivity contribution in [1.82, 2.24) is 0 Å². The van der Waals surface area contributed by atoms with E-state index in [1.54, 1.807) is 0 Å². The van der Waals surface area contributed by atoms with Crippen molar-refractivity contribution in [2.24, 2.45) is 5.41 Å². The van der Waals surface area contributed by atoms with Crippen LogP contribution in [-0.4, -0.2) is 23.2 Å². The smallest absolute Gasteiger partial charge is 0.162 e. The molecule has 1 aromatic carbocycles. The highest BCUT2D eigenvalue weighted by Gasteiger charge is 2.17. The van der Waals surface area contributed by atoms with Gasteiger partial charge in [0.2, 0.25) is 0 Å². The van der Waals surface area contributed by atoms with Crippen molar-refractivity contribution >= 4 is 10.8 Å². The molecule has 1 aromatic rings. The fraction of sp³-hybridized carbons (Fsp3) is 0.562. The largest absolute Gasteiger partial charge is 0.490 e. The third-order valence-electron chi connectivity index (χ3n) is 3.42. The van der Waals surface area contributed by atoms with E-state index in [1.165, 1.54) is 0 Å². The van der Waals surface area contributed by atoms with Gasteiger partial charge in [0.25, 0.3) is 0 Å². The van der Waals surface area contributed by atoms with Crippen molar-refractivity contribution in [3.63, 3.8) is 0 Å². The number of nitriles is 1. The molecule has 5 heteroatoms. The first-order valence-corrected chi connectivity index (χ1v) is 8.53. The number of nitrogens with zero attached hydrogens (tertiary/aromatic N) is 1. The molecule has 1 heterocycles. The van der Waals surface area contributed by atoms with E-state index in [1.807, 2.05) is 32.0 Å². The van der Waals surface area contributed by atoms with Gasteiger partial charge in [-0.1, -0.05) is 0 Å². The molecule has 0 radical (unpaired) electrons. The summed E-state index contributed by atoms with van der Waals surface area (Å²) < 4.78 is 23.5. The second-order valence-corrected chi connectivity index (χ2v) is 7.38. The van der Waals surface area contributed by atoms with Crippen LogP contribution in [0, 0.1) is 16.7 Å². The standard InChI is InChI=1S/C16H21NO3S/c1-16(2,12-17)7-3-10-21(18)13-5-6-14-15(11-13)20-9-4-8-19-14/h5-6,11H,3-4,7-10H2,1-2H3/t21-/m1/s1. The number of fused-ring (bicyclic) bond motifs is 1. The van der Waals surface area contributed by atoms with Crippen LogP contribution >= 0.6 is 0 Å². The molecule has 1 atom stereocenters. The Hall–Kier alpha value is -1.54. The predicted octanol–water partition coefficient (Wildman–Crippen LogP) is 3.29. The van der Waals surface area contributed by atoms with Gasteiger partial charge in [0.05, 0.1) is 35.5 Å². The van der Waals surface area contributed by atoms with Crippen LogP contribution in [0.3, 0.4) is 0 Å². The third kappa shape index (κ3) is 4.47. The maximum Gasteiger partial charge on any atom is 0.162 e. The molecule has 4 nitrogen and oxygen atoms in total. The normalized spacial score (nSPS) is 15.9. The summed E-state index contributed by atoms with van der Waals surface area (Å²) in [5.41, 5.74) is -0.352. The van der Waals surface area contributed by atoms with Gasteiger partial charge in [-0.25, -0.2) is 0 Å². The first-order chi connectivity index (χ1) is 10.0. The summed E-state index contributed by atoms with van der Waals surface area (Å²) in [4.78, 5) is 0.758. The van der Waals surface area contributed by atoms with Crippen LogP contribution in [-0.2, 0) is 10.8 Å². The highest BCUT2D eigenvalue weighted by atomic mass is 32.2. The van der Waals surface area contributed by atoms with E-state index in [0.717, 1.165) is 29.9 Å².